The molecule has 2 aromatic heterocycles. The minimum atomic E-state index is 0.112. The summed E-state index contributed by atoms with van der Waals surface area (Å²) in [6, 6.07) is 18.8. The molecule has 5 heteroatoms. The standard InChI is InChI=1S/C25H28N4O/c1-4-28(5-2)21-13-11-20(12-14-21)24-18-23(19(3)17-22-9-8-16-30-22)27-29(24)25-10-6-7-15-26-25/h6-17,24H,4-5,18H2,1-3H3. The predicted octanol–water partition coefficient (Wildman–Crippen LogP) is 5.93. The third-order valence-corrected chi connectivity index (χ3v) is 5.56. The largest absolute Gasteiger partial charge is 0.465 e. The van der Waals surface area contributed by atoms with Gasteiger partial charge in [-0.2, -0.15) is 5.10 Å². The van der Waals surface area contributed by atoms with Crippen LogP contribution in [-0.2, 0) is 0 Å². The number of anilines is 2. The fraction of sp³-hybridized carbons (Fsp3) is 0.280. The van der Waals surface area contributed by atoms with E-state index in [-0.39, 0.29) is 6.04 Å². The van der Waals surface area contributed by atoms with E-state index in [1.54, 1.807) is 6.26 Å². The summed E-state index contributed by atoms with van der Waals surface area (Å²) in [4.78, 5) is 6.91. The van der Waals surface area contributed by atoms with Gasteiger partial charge in [-0.25, -0.2) is 9.99 Å². The van der Waals surface area contributed by atoms with Crippen molar-refractivity contribution in [3.8, 4) is 0 Å². The molecule has 0 bridgehead atoms. The molecule has 1 atom stereocenters. The smallest absolute Gasteiger partial charge is 0.149 e. The van der Waals surface area contributed by atoms with Crippen molar-refractivity contribution in [2.45, 2.75) is 33.2 Å². The maximum Gasteiger partial charge on any atom is 0.149 e. The van der Waals surface area contributed by atoms with Gasteiger partial charge < -0.3 is 9.32 Å². The number of hydrogen-bond acceptors (Lipinski definition) is 5. The molecule has 3 heterocycles. The quantitative estimate of drug-likeness (QED) is 0.493. The lowest BCUT2D eigenvalue weighted by Crippen LogP contribution is -2.22. The Morgan fingerprint density at radius 3 is 2.53 bits per heavy atom. The second-order valence-electron chi connectivity index (χ2n) is 7.41. The molecule has 0 fully saturated rings. The van der Waals surface area contributed by atoms with Crippen molar-refractivity contribution in [1.29, 1.82) is 0 Å². The highest BCUT2D eigenvalue weighted by molar-refractivity contribution is 6.05. The van der Waals surface area contributed by atoms with E-state index in [4.69, 9.17) is 9.52 Å². The van der Waals surface area contributed by atoms with Crippen LogP contribution in [0, 0.1) is 0 Å². The van der Waals surface area contributed by atoms with E-state index in [0.29, 0.717) is 0 Å². The fourth-order valence-electron chi connectivity index (χ4n) is 3.88. The summed E-state index contributed by atoms with van der Waals surface area (Å²) in [5, 5.41) is 7.00. The molecule has 30 heavy (non-hydrogen) atoms. The van der Waals surface area contributed by atoms with Gasteiger partial charge in [0.2, 0.25) is 0 Å². The van der Waals surface area contributed by atoms with Gasteiger partial charge in [0.15, 0.2) is 0 Å². The van der Waals surface area contributed by atoms with Crippen molar-refractivity contribution in [2.75, 3.05) is 23.0 Å². The Balaban J connectivity index is 1.65. The third kappa shape index (κ3) is 4.15. The second kappa shape index (κ2) is 8.99. The van der Waals surface area contributed by atoms with Crippen molar-refractivity contribution >= 4 is 23.3 Å². The number of hydrogen-bond donors (Lipinski definition) is 0. The molecule has 0 saturated heterocycles. The van der Waals surface area contributed by atoms with Crippen LogP contribution in [0.25, 0.3) is 6.08 Å². The Morgan fingerprint density at radius 2 is 1.90 bits per heavy atom. The molecule has 0 amide bonds. The molecule has 154 valence electrons. The Morgan fingerprint density at radius 1 is 1.10 bits per heavy atom. The van der Waals surface area contributed by atoms with Crippen LogP contribution in [-0.4, -0.2) is 23.8 Å². The van der Waals surface area contributed by atoms with Crippen LogP contribution in [0.3, 0.4) is 0 Å². The van der Waals surface area contributed by atoms with Gasteiger partial charge in [0, 0.05) is 31.4 Å². The summed E-state index contributed by atoms with van der Waals surface area (Å²) in [5.74, 6) is 1.70. The number of hydrazone groups is 1. The number of furan rings is 1. The van der Waals surface area contributed by atoms with Gasteiger partial charge in [-0.15, -0.1) is 0 Å². The van der Waals surface area contributed by atoms with Crippen molar-refractivity contribution in [3.63, 3.8) is 0 Å². The number of benzene rings is 1. The molecule has 0 aliphatic carbocycles. The summed E-state index contributed by atoms with van der Waals surface area (Å²) < 4.78 is 5.48. The molecule has 1 unspecified atom stereocenters. The summed E-state index contributed by atoms with van der Waals surface area (Å²) in [6.07, 6.45) is 6.37. The third-order valence-electron chi connectivity index (χ3n) is 5.56. The van der Waals surface area contributed by atoms with Gasteiger partial charge in [-0.1, -0.05) is 18.2 Å². The SMILES string of the molecule is CCN(CC)c1ccc(C2CC(C(C)=Cc3ccco3)=NN2c2ccccn2)cc1. The van der Waals surface area contributed by atoms with Crippen LogP contribution in [0.2, 0.25) is 0 Å². The molecule has 1 aliphatic heterocycles. The average Bonchev–Trinajstić information content (AvgIpc) is 3.46. The molecule has 0 radical (unpaired) electrons. The first-order chi connectivity index (χ1) is 14.7. The minimum absolute atomic E-state index is 0.112. The number of allylic oxidation sites excluding steroid dienone is 1. The zero-order valence-corrected chi connectivity index (χ0v) is 17.8. The summed E-state index contributed by atoms with van der Waals surface area (Å²) >= 11 is 0. The minimum Gasteiger partial charge on any atom is -0.465 e. The van der Waals surface area contributed by atoms with Crippen molar-refractivity contribution in [3.05, 3.63) is 84.0 Å². The Kier molecular flexibility index (Phi) is 5.98. The first kappa shape index (κ1) is 20.0. The Hall–Kier alpha value is -3.34. The van der Waals surface area contributed by atoms with Crippen LogP contribution in [0.15, 0.2) is 82.1 Å². The van der Waals surface area contributed by atoms with Crippen LogP contribution < -0.4 is 9.91 Å². The lowest BCUT2D eigenvalue weighted by Gasteiger charge is -2.25. The Labute approximate surface area is 178 Å². The first-order valence-electron chi connectivity index (χ1n) is 10.5. The average molecular weight is 401 g/mol. The summed E-state index contributed by atoms with van der Waals surface area (Å²) in [5.41, 5.74) is 4.64. The van der Waals surface area contributed by atoms with Gasteiger partial charge in [-0.3, -0.25) is 0 Å². The maximum atomic E-state index is 5.48. The molecule has 5 nitrogen and oxygen atoms in total. The van der Waals surface area contributed by atoms with E-state index in [1.807, 2.05) is 47.6 Å². The molecule has 4 rings (SSSR count). The number of aromatic nitrogens is 1. The van der Waals surface area contributed by atoms with Gasteiger partial charge >= 0.3 is 0 Å². The van der Waals surface area contributed by atoms with Crippen molar-refractivity contribution in [1.82, 2.24) is 4.98 Å². The molecular weight excluding hydrogens is 372 g/mol. The molecule has 0 saturated carbocycles. The van der Waals surface area contributed by atoms with Gasteiger partial charge in [0.25, 0.3) is 0 Å². The zero-order chi connectivity index (χ0) is 20.9. The molecule has 1 aliphatic rings. The fourth-order valence-corrected chi connectivity index (χ4v) is 3.88. The van der Waals surface area contributed by atoms with Gasteiger partial charge in [-0.05, 0) is 74.4 Å². The van der Waals surface area contributed by atoms with Gasteiger partial charge in [0.1, 0.15) is 11.6 Å². The normalized spacial score (nSPS) is 16.6. The van der Waals surface area contributed by atoms with Crippen molar-refractivity contribution < 1.29 is 4.42 Å². The van der Waals surface area contributed by atoms with E-state index >= 15 is 0 Å². The first-order valence-corrected chi connectivity index (χ1v) is 10.5. The molecule has 0 spiro atoms. The van der Waals surface area contributed by atoms with Crippen LogP contribution >= 0.6 is 0 Å². The van der Waals surface area contributed by atoms with E-state index in [9.17, 15) is 0 Å². The summed E-state index contributed by atoms with van der Waals surface area (Å²) in [7, 11) is 0. The van der Waals surface area contributed by atoms with E-state index in [1.165, 1.54) is 11.3 Å². The zero-order valence-electron chi connectivity index (χ0n) is 17.8. The van der Waals surface area contributed by atoms with E-state index < -0.39 is 0 Å². The maximum absolute atomic E-state index is 5.48. The van der Waals surface area contributed by atoms with Crippen LogP contribution in [0.1, 0.15) is 44.6 Å². The molecule has 1 aromatic carbocycles. The summed E-state index contributed by atoms with van der Waals surface area (Å²) in [6.45, 7) is 8.47. The topological polar surface area (TPSA) is 44.9 Å². The second-order valence-corrected chi connectivity index (χ2v) is 7.41. The number of nitrogens with zero attached hydrogens (tertiary/aromatic N) is 4. The van der Waals surface area contributed by atoms with Crippen molar-refractivity contribution in [2.24, 2.45) is 5.10 Å². The van der Waals surface area contributed by atoms with Crippen LogP contribution in [0.4, 0.5) is 11.5 Å². The highest BCUT2D eigenvalue weighted by Gasteiger charge is 2.30. The molecule has 0 N–H and O–H groups in total. The molecular formula is C25H28N4O. The highest BCUT2D eigenvalue weighted by atomic mass is 16.3. The van der Waals surface area contributed by atoms with E-state index in [2.05, 4.69) is 54.9 Å². The van der Waals surface area contributed by atoms with E-state index in [0.717, 1.165) is 42.4 Å². The highest BCUT2D eigenvalue weighted by Crippen LogP contribution is 2.36. The number of pyridine rings is 1. The van der Waals surface area contributed by atoms with Gasteiger partial charge in [0.05, 0.1) is 18.0 Å². The lowest BCUT2D eigenvalue weighted by atomic mass is 9.98. The number of rotatable bonds is 7. The van der Waals surface area contributed by atoms with Crippen LogP contribution in [0.5, 0.6) is 0 Å². The monoisotopic (exact) mass is 400 g/mol. The predicted molar refractivity (Wildman–Crippen MR) is 124 cm³/mol. The molecule has 3 aromatic rings. The Bertz CT molecular complexity index is 1000. The lowest BCUT2D eigenvalue weighted by molar-refractivity contribution is 0.557.